The van der Waals surface area contributed by atoms with Crippen LogP contribution in [0.4, 0.5) is 11.4 Å². The molecule has 1 N–H and O–H groups in total. The number of halogens is 1. The molecular weight excluding hydrogens is 538 g/mol. The third-order valence-corrected chi connectivity index (χ3v) is 6.94. The van der Waals surface area contributed by atoms with Crippen molar-refractivity contribution < 1.29 is 13.3 Å². The Labute approximate surface area is 209 Å². The maximum Gasteiger partial charge on any atom is 0.278 e. The van der Waals surface area contributed by atoms with Crippen molar-refractivity contribution in [3.8, 4) is 0 Å². The van der Waals surface area contributed by atoms with Crippen LogP contribution in [0.3, 0.4) is 0 Å². The summed E-state index contributed by atoms with van der Waals surface area (Å²) in [5.74, 6) is 0. The van der Waals surface area contributed by atoms with Crippen molar-refractivity contribution in [1.29, 1.82) is 0 Å². The van der Waals surface area contributed by atoms with Crippen LogP contribution in [-0.4, -0.2) is 40.7 Å². The molecule has 0 aliphatic carbocycles. The van der Waals surface area contributed by atoms with Gasteiger partial charge in [-0.2, -0.15) is 23.4 Å². The van der Waals surface area contributed by atoms with Gasteiger partial charge < -0.3 is 4.90 Å². The molecule has 35 heavy (non-hydrogen) atoms. The summed E-state index contributed by atoms with van der Waals surface area (Å²) in [4.78, 5) is 18.4. The molecule has 11 nitrogen and oxygen atoms in total. The molecule has 0 atom stereocenters. The molecule has 13 heteroatoms. The zero-order chi connectivity index (χ0) is 25.2. The van der Waals surface area contributed by atoms with Gasteiger partial charge in [-0.1, -0.05) is 22.0 Å². The lowest BCUT2D eigenvalue weighted by atomic mass is 10.2. The number of rotatable bonds is 8. The second-order valence-corrected chi connectivity index (χ2v) is 10.2. The van der Waals surface area contributed by atoms with Crippen LogP contribution >= 0.6 is 15.9 Å². The minimum absolute atomic E-state index is 0.266. The zero-order valence-corrected chi connectivity index (χ0v) is 21.1. The van der Waals surface area contributed by atoms with Crippen LogP contribution < -0.4 is 9.73 Å². The van der Waals surface area contributed by atoms with Crippen LogP contribution in [0.25, 0.3) is 5.52 Å². The topological polar surface area (TPSA) is 135 Å². The third-order valence-electron chi connectivity index (χ3n) is 5.20. The van der Waals surface area contributed by atoms with Crippen molar-refractivity contribution in [3.05, 3.63) is 93.0 Å². The molecule has 0 amide bonds. The summed E-state index contributed by atoms with van der Waals surface area (Å²) >= 11 is 3.41. The van der Waals surface area contributed by atoms with Gasteiger partial charge in [0.25, 0.3) is 15.7 Å². The van der Waals surface area contributed by atoms with E-state index in [1.165, 1.54) is 12.1 Å². The molecule has 0 aliphatic rings. The van der Waals surface area contributed by atoms with Gasteiger partial charge in [0.2, 0.25) is 0 Å². The maximum absolute atomic E-state index is 13.3. The van der Waals surface area contributed by atoms with Gasteiger partial charge in [-0.25, -0.2) is 4.52 Å². The van der Waals surface area contributed by atoms with Crippen molar-refractivity contribution in [2.75, 3.05) is 11.9 Å². The molecule has 0 saturated carbocycles. The first-order valence-electron chi connectivity index (χ1n) is 10.2. The smallest absolute Gasteiger partial charge is 0.278 e. The van der Waals surface area contributed by atoms with Crippen LogP contribution in [0, 0.1) is 10.1 Å². The van der Waals surface area contributed by atoms with Crippen LogP contribution in [-0.2, 0) is 16.6 Å². The van der Waals surface area contributed by atoms with E-state index >= 15 is 0 Å². The van der Waals surface area contributed by atoms with Crippen LogP contribution in [0.5, 0.6) is 0 Å². The molecule has 4 aromatic rings. The number of pyridine rings is 2. The molecule has 0 fully saturated rings. The Balaban J connectivity index is 1.69. The Morgan fingerprint density at radius 3 is 2.77 bits per heavy atom. The lowest BCUT2D eigenvalue weighted by Gasteiger charge is -2.22. The minimum Gasteiger partial charge on any atom is -0.369 e. The molecule has 4 rings (SSSR count). The van der Waals surface area contributed by atoms with E-state index in [9.17, 15) is 18.5 Å². The number of nitro benzene ring substituents is 1. The SMILES string of the molecule is C/C(=N\NS(=O)(=O)c1cc([N+](=O)[O-])ccc1N(C)Cc1cccnc1)c1cnn2ccc(Br)cc12. The quantitative estimate of drug-likeness (QED) is 0.198. The first kappa shape index (κ1) is 24.3. The molecule has 0 spiro atoms. The number of non-ortho nitro benzene ring substituents is 1. The second kappa shape index (κ2) is 9.80. The van der Waals surface area contributed by atoms with Crippen molar-refractivity contribution in [2.24, 2.45) is 5.10 Å². The Bertz CT molecular complexity index is 1540. The zero-order valence-electron chi connectivity index (χ0n) is 18.7. The Kier molecular flexibility index (Phi) is 6.80. The molecule has 180 valence electrons. The predicted molar refractivity (Wildman–Crippen MR) is 135 cm³/mol. The largest absolute Gasteiger partial charge is 0.369 e. The van der Waals surface area contributed by atoms with Gasteiger partial charge in [0, 0.05) is 54.4 Å². The monoisotopic (exact) mass is 557 g/mol. The van der Waals surface area contributed by atoms with E-state index in [0.717, 1.165) is 21.6 Å². The maximum atomic E-state index is 13.3. The fourth-order valence-corrected chi connectivity index (χ4v) is 4.93. The van der Waals surface area contributed by atoms with E-state index in [1.54, 1.807) is 54.2 Å². The molecule has 3 heterocycles. The van der Waals surface area contributed by atoms with Gasteiger partial charge >= 0.3 is 0 Å². The fourth-order valence-electron chi connectivity index (χ4n) is 3.47. The number of aromatic nitrogens is 3. The third kappa shape index (κ3) is 5.30. The molecular formula is C22H20BrN7O4S. The Morgan fingerprint density at radius 2 is 2.06 bits per heavy atom. The predicted octanol–water partition coefficient (Wildman–Crippen LogP) is 3.74. The van der Waals surface area contributed by atoms with Crippen LogP contribution in [0.15, 0.2) is 81.7 Å². The highest BCUT2D eigenvalue weighted by Gasteiger charge is 2.24. The van der Waals surface area contributed by atoms with Crippen molar-refractivity contribution in [1.82, 2.24) is 19.4 Å². The number of fused-ring (bicyclic) bond motifs is 1. The minimum atomic E-state index is -4.27. The van der Waals surface area contributed by atoms with Gasteiger partial charge in [0.15, 0.2) is 0 Å². The summed E-state index contributed by atoms with van der Waals surface area (Å²) < 4.78 is 29.0. The standard InChI is InChI=1S/C22H20BrN7O4S/c1-15(19-13-25-29-9-7-17(23)10-21(19)29)26-27-35(33,34)22-11-18(30(31)32)5-6-20(22)28(2)14-16-4-3-8-24-12-16/h3-13,27H,14H2,1-2H3/b26-15+. The number of hydrogen-bond donors (Lipinski definition) is 1. The lowest BCUT2D eigenvalue weighted by Crippen LogP contribution is -2.25. The number of nitro groups is 1. The molecule has 0 radical (unpaired) electrons. The van der Waals surface area contributed by atoms with Gasteiger partial charge in [0.05, 0.1) is 28.0 Å². The molecule has 3 aromatic heterocycles. The van der Waals surface area contributed by atoms with Crippen LogP contribution in [0.2, 0.25) is 0 Å². The average molecular weight is 558 g/mol. The molecule has 0 saturated heterocycles. The first-order chi connectivity index (χ1) is 16.7. The van der Waals surface area contributed by atoms with Crippen molar-refractivity contribution in [3.63, 3.8) is 0 Å². The number of nitrogens with zero attached hydrogens (tertiary/aromatic N) is 6. The number of hydrogen-bond acceptors (Lipinski definition) is 8. The van der Waals surface area contributed by atoms with Gasteiger partial charge in [0.1, 0.15) is 4.90 Å². The summed E-state index contributed by atoms with van der Waals surface area (Å²) in [5.41, 5.74) is 2.50. The lowest BCUT2D eigenvalue weighted by molar-refractivity contribution is -0.385. The van der Waals surface area contributed by atoms with Gasteiger partial charge in [-0.15, -0.1) is 0 Å². The number of hydrazone groups is 1. The summed E-state index contributed by atoms with van der Waals surface area (Å²) in [7, 11) is -2.57. The average Bonchev–Trinajstić information content (AvgIpc) is 3.26. The van der Waals surface area contributed by atoms with E-state index < -0.39 is 14.9 Å². The number of benzene rings is 1. The number of sulfonamides is 1. The van der Waals surface area contributed by atoms with E-state index in [2.05, 4.69) is 35.9 Å². The van der Waals surface area contributed by atoms with E-state index in [0.29, 0.717) is 17.8 Å². The molecule has 1 aromatic carbocycles. The molecule has 0 unspecified atom stereocenters. The number of anilines is 1. The normalized spacial score (nSPS) is 12.0. The number of nitrogens with one attached hydrogen (secondary N) is 1. The van der Waals surface area contributed by atoms with E-state index in [4.69, 9.17) is 0 Å². The summed E-state index contributed by atoms with van der Waals surface area (Å²) in [5, 5.41) is 19.7. The van der Waals surface area contributed by atoms with Crippen molar-refractivity contribution >= 4 is 48.6 Å². The highest BCUT2D eigenvalue weighted by atomic mass is 79.9. The summed E-state index contributed by atoms with van der Waals surface area (Å²) in [6.45, 7) is 1.98. The summed E-state index contributed by atoms with van der Waals surface area (Å²) in [6.07, 6.45) is 6.64. The van der Waals surface area contributed by atoms with Crippen LogP contribution in [0.1, 0.15) is 18.1 Å². The molecule has 0 aliphatic heterocycles. The highest BCUT2D eigenvalue weighted by molar-refractivity contribution is 9.10. The Hall–Kier alpha value is -3.84. The van der Waals surface area contributed by atoms with Gasteiger partial charge in [-0.05, 0) is 36.8 Å². The summed E-state index contributed by atoms with van der Waals surface area (Å²) in [6, 6.07) is 11.0. The van der Waals surface area contributed by atoms with Crippen molar-refractivity contribution in [2.45, 2.75) is 18.4 Å². The first-order valence-corrected chi connectivity index (χ1v) is 12.5. The van der Waals surface area contributed by atoms with E-state index in [-0.39, 0.29) is 16.3 Å². The molecule has 0 bridgehead atoms. The second-order valence-electron chi connectivity index (χ2n) is 7.65. The Morgan fingerprint density at radius 1 is 1.26 bits per heavy atom. The van der Waals surface area contributed by atoms with Gasteiger partial charge in [-0.3, -0.25) is 15.1 Å². The fraction of sp³-hybridized carbons (Fsp3) is 0.136. The highest BCUT2D eigenvalue weighted by Crippen LogP contribution is 2.30. The van der Waals surface area contributed by atoms with E-state index in [1.807, 2.05) is 18.2 Å².